The summed E-state index contributed by atoms with van der Waals surface area (Å²) in [6, 6.07) is 17.7. The Bertz CT molecular complexity index is 995. The highest BCUT2D eigenvalue weighted by Gasteiger charge is 2.43. The first-order chi connectivity index (χ1) is 17.2. The summed E-state index contributed by atoms with van der Waals surface area (Å²) < 4.78 is 5.87. The van der Waals surface area contributed by atoms with Crippen LogP contribution in [0.1, 0.15) is 73.7 Å². The highest BCUT2D eigenvalue weighted by molar-refractivity contribution is 6.04. The minimum Gasteiger partial charge on any atom is -0.374 e. The molecular weight excluding hydrogens is 434 g/mol. The molecule has 0 aromatic heterocycles. The molecule has 2 saturated carbocycles. The average Bonchev–Trinajstić information content (AvgIpc) is 3.46. The Balaban J connectivity index is 1.03. The second-order valence-electron chi connectivity index (χ2n) is 11.1. The van der Waals surface area contributed by atoms with Gasteiger partial charge in [-0.15, -0.1) is 0 Å². The summed E-state index contributed by atoms with van der Waals surface area (Å²) in [5, 5.41) is 3.06. The van der Waals surface area contributed by atoms with Crippen molar-refractivity contribution in [2.45, 2.75) is 82.6 Å². The SMILES string of the molecule is O=C(Nc1ccc(N2CC[C@@H]3CN(C4CCCCC4)C[C@@H]32)cc1)c1ccc(COC2CCC2)cc1. The Morgan fingerprint density at radius 2 is 1.63 bits per heavy atom. The van der Waals surface area contributed by atoms with Gasteiger partial charge in [0, 0.05) is 48.7 Å². The fraction of sp³-hybridized carbons (Fsp3) is 0.567. The maximum atomic E-state index is 12.8. The van der Waals surface area contributed by atoms with Crippen molar-refractivity contribution in [2.75, 3.05) is 29.9 Å². The summed E-state index contributed by atoms with van der Waals surface area (Å²) in [7, 11) is 0. The number of ether oxygens (including phenoxy) is 1. The van der Waals surface area contributed by atoms with Gasteiger partial charge in [-0.2, -0.15) is 0 Å². The molecule has 0 radical (unpaired) electrons. The summed E-state index contributed by atoms with van der Waals surface area (Å²) in [4.78, 5) is 18.2. The third-order valence-corrected chi connectivity index (χ3v) is 8.88. The standard InChI is InChI=1S/C30H39N3O2/c34-30(23-11-9-22(10-12-23)21-35-28-7-4-8-28)31-25-13-15-27(16-14-25)33-18-17-24-19-32(20-29(24)33)26-5-2-1-3-6-26/h9-16,24,26,28-29H,1-8,17-21H2,(H,31,34)/t24-,29+/m1/s1. The van der Waals surface area contributed by atoms with Gasteiger partial charge in [0.25, 0.3) is 5.91 Å². The quantitative estimate of drug-likeness (QED) is 0.548. The number of carbonyl (C=O) groups excluding carboxylic acids is 1. The number of nitrogens with zero attached hydrogens (tertiary/aromatic N) is 2. The Hall–Kier alpha value is -2.37. The van der Waals surface area contributed by atoms with Gasteiger partial charge in [-0.25, -0.2) is 0 Å². The molecule has 0 bridgehead atoms. The second-order valence-corrected chi connectivity index (χ2v) is 11.1. The predicted molar refractivity (Wildman–Crippen MR) is 141 cm³/mol. The van der Waals surface area contributed by atoms with Crippen LogP contribution in [-0.2, 0) is 11.3 Å². The Morgan fingerprint density at radius 3 is 2.34 bits per heavy atom. The fourth-order valence-corrected chi connectivity index (χ4v) is 6.50. The van der Waals surface area contributed by atoms with Crippen molar-refractivity contribution in [2.24, 2.45) is 5.92 Å². The van der Waals surface area contributed by atoms with Gasteiger partial charge in [0.1, 0.15) is 0 Å². The molecule has 35 heavy (non-hydrogen) atoms. The van der Waals surface area contributed by atoms with E-state index in [1.807, 2.05) is 24.3 Å². The van der Waals surface area contributed by atoms with Gasteiger partial charge in [-0.3, -0.25) is 9.69 Å². The van der Waals surface area contributed by atoms with E-state index in [-0.39, 0.29) is 5.91 Å². The van der Waals surface area contributed by atoms with Crippen molar-refractivity contribution < 1.29 is 9.53 Å². The van der Waals surface area contributed by atoms with Crippen LogP contribution < -0.4 is 10.2 Å². The minimum absolute atomic E-state index is 0.0654. The van der Waals surface area contributed by atoms with Crippen LogP contribution in [-0.4, -0.2) is 48.6 Å². The van der Waals surface area contributed by atoms with Crippen LogP contribution in [0.2, 0.25) is 0 Å². The van der Waals surface area contributed by atoms with E-state index in [0.717, 1.165) is 29.8 Å². The molecule has 4 aliphatic rings. The smallest absolute Gasteiger partial charge is 0.255 e. The zero-order chi connectivity index (χ0) is 23.6. The number of hydrogen-bond donors (Lipinski definition) is 1. The van der Waals surface area contributed by atoms with Crippen LogP contribution >= 0.6 is 0 Å². The molecular formula is C30H39N3O2. The Kier molecular flexibility index (Phi) is 6.80. The van der Waals surface area contributed by atoms with E-state index in [1.54, 1.807) is 0 Å². The number of hydrogen-bond acceptors (Lipinski definition) is 4. The molecule has 2 aromatic rings. The number of benzene rings is 2. The number of anilines is 2. The summed E-state index contributed by atoms with van der Waals surface area (Å²) >= 11 is 0. The van der Waals surface area contributed by atoms with E-state index >= 15 is 0 Å². The number of likely N-dealkylation sites (tertiary alicyclic amines) is 1. The lowest BCUT2D eigenvalue weighted by atomic mass is 9.94. The zero-order valence-electron chi connectivity index (χ0n) is 20.8. The zero-order valence-corrected chi connectivity index (χ0v) is 20.8. The van der Waals surface area contributed by atoms with Gasteiger partial charge in [0.15, 0.2) is 0 Å². The van der Waals surface area contributed by atoms with Crippen LogP contribution in [0.5, 0.6) is 0 Å². The molecule has 5 heteroatoms. The van der Waals surface area contributed by atoms with Crippen molar-refractivity contribution in [1.29, 1.82) is 0 Å². The van der Waals surface area contributed by atoms with Gasteiger partial charge < -0.3 is 15.0 Å². The van der Waals surface area contributed by atoms with E-state index in [2.05, 4.69) is 39.4 Å². The van der Waals surface area contributed by atoms with Gasteiger partial charge >= 0.3 is 0 Å². The molecule has 2 heterocycles. The molecule has 0 unspecified atom stereocenters. The number of carbonyl (C=O) groups is 1. The molecule has 5 nitrogen and oxygen atoms in total. The van der Waals surface area contributed by atoms with Crippen molar-refractivity contribution in [1.82, 2.24) is 4.90 Å². The van der Waals surface area contributed by atoms with Crippen molar-refractivity contribution in [3.05, 3.63) is 59.7 Å². The first-order valence-corrected chi connectivity index (χ1v) is 13.9. The first-order valence-electron chi connectivity index (χ1n) is 13.9. The second kappa shape index (κ2) is 10.3. The van der Waals surface area contributed by atoms with Crippen molar-refractivity contribution in [3.63, 3.8) is 0 Å². The normalized spacial score (nSPS) is 25.4. The summed E-state index contributed by atoms with van der Waals surface area (Å²) in [6.07, 6.45) is 12.4. The molecule has 1 N–H and O–H groups in total. The fourth-order valence-electron chi connectivity index (χ4n) is 6.50. The average molecular weight is 474 g/mol. The maximum Gasteiger partial charge on any atom is 0.255 e. The van der Waals surface area contributed by atoms with Crippen LogP contribution in [0.3, 0.4) is 0 Å². The van der Waals surface area contributed by atoms with Gasteiger partial charge in [-0.1, -0.05) is 31.4 Å². The monoisotopic (exact) mass is 473 g/mol. The number of fused-ring (bicyclic) bond motifs is 1. The molecule has 186 valence electrons. The van der Waals surface area contributed by atoms with Crippen LogP contribution in [0, 0.1) is 5.92 Å². The lowest BCUT2D eigenvalue weighted by Crippen LogP contribution is -2.39. The third-order valence-electron chi connectivity index (χ3n) is 8.88. The van der Waals surface area contributed by atoms with Crippen LogP contribution in [0.25, 0.3) is 0 Å². The molecule has 6 rings (SSSR count). The van der Waals surface area contributed by atoms with Crippen molar-refractivity contribution in [3.8, 4) is 0 Å². The van der Waals surface area contributed by atoms with Gasteiger partial charge in [-0.05, 0) is 86.4 Å². The number of amides is 1. The maximum absolute atomic E-state index is 12.8. The highest BCUT2D eigenvalue weighted by Crippen LogP contribution is 2.38. The molecule has 2 aliphatic heterocycles. The highest BCUT2D eigenvalue weighted by atomic mass is 16.5. The summed E-state index contributed by atoms with van der Waals surface area (Å²) in [5.41, 5.74) is 3.94. The molecule has 0 spiro atoms. The van der Waals surface area contributed by atoms with Gasteiger partial charge in [0.05, 0.1) is 12.7 Å². The van der Waals surface area contributed by atoms with E-state index < -0.39 is 0 Å². The molecule has 2 saturated heterocycles. The lowest BCUT2D eigenvalue weighted by Gasteiger charge is -2.33. The van der Waals surface area contributed by atoms with E-state index in [0.29, 0.717) is 24.3 Å². The Morgan fingerprint density at radius 1 is 0.857 bits per heavy atom. The molecule has 2 atom stereocenters. The lowest BCUT2D eigenvalue weighted by molar-refractivity contribution is -0.00866. The van der Waals surface area contributed by atoms with Gasteiger partial charge in [0.2, 0.25) is 0 Å². The number of rotatable bonds is 7. The topological polar surface area (TPSA) is 44.8 Å². The molecule has 1 amide bonds. The van der Waals surface area contributed by atoms with E-state index in [9.17, 15) is 4.79 Å². The molecule has 4 fully saturated rings. The largest absolute Gasteiger partial charge is 0.374 e. The predicted octanol–water partition coefficient (Wildman–Crippen LogP) is 5.85. The molecule has 2 aliphatic carbocycles. The minimum atomic E-state index is -0.0654. The molecule has 2 aromatic carbocycles. The Labute approximate surface area is 209 Å². The van der Waals surface area contributed by atoms with E-state index in [4.69, 9.17) is 4.74 Å². The summed E-state index contributed by atoms with van der Waals surface area (Å²) in [6.45, 7) is 4.28. The van der Waals surface area contributed by atoms with Crippen LogP contribution in [0.15, 0.2) is 48.5 Å². The van der Waals surface area contributed by atoms with E-state index in [1.165, 1.54) is 76.6 Å². The summed E-state index contributed by atoms with van der Waals surface area (Å²) in [5.74, 6) is 0.739. The third kappa shape index (κ3) is 5.12. The van der Waals surface area contributed by atoms with Crippen LogP contribution in [0.4, 0.5) is 11.4 Å². The number of nitrogens with one attached hydrogen (secondary N) is 1. The first kappa shape index (κ1) is 23.1. The van der Waals surface area contributed by atoms with Crippen molar-refractivity contribution >= 4 is 17.3 Å².